The number of fused-ring (bicyclic) bond motifs is 1. The van der Waals surface area contributed by atoms with Gasteiger partial charge in [0.1, 0.15) is 12.0 Å². The van der Waals surface area contributed by atoms with Crippen LogP contribution in [-0.2, 0) is 16.1 Å². The molecule has 2 N–H and O–H groups in total. The van der Waals surface area contributed by atoms with Crippen LogP contribution >= 0.6 is 0 Å². The van der Waals surface area contributed by atoms with Crippen molar-refractivity contribution in [3.63, 3.8) is 0 Å². The Bertz CT molecular complexity index is 673. The lowest BCUT2D eigenvalue weighted by atomic mass is 10.1. The monoisotopic (exact) mass is 330 g/mol. The molecule has 0 unspecified atom stereocenters. The number of carbonyl (C=O) groups excluding carboxylic acids is 2. The highest BCUT2D eigenvalue weighted by Crippen LogP contribution is 2.25. The van der Waals surface area contributed by atoms with Crippen molar-refractivity contribution in [2.45, 2.75) is 39.3 Å². The Balaban J connectivity index is 2.14. The molecule has 0 atom stereocenters. The largest absolute Gasteiger partial charge is 0.444 e. The molecule has 0 bridgehead atoms. The van der Waals surface area contributed by atoms with Crippen LogP contribution in [0, 0.1) is 11.3 Å². The molecule has 128 valence electrons. The number of nitriles is 1. The smallest absolute Gasteiger partial charge is 0.410 e. The van der Waals surface area contributed by atoms with E-state index in [4.69, 9.17) is 10.00 Å². The summed E-state index contributed by atoms with van der Waals surface area (Å²) in [5, 5.41) is 14.5. The maximum atomic E-state index is 12.3. The third-order valence-electron chi connectivity index (χ3n) is 3.34. The summed E-state index contributed by atoms with van der Waals surface area (Å²) in [4.78, 5) is 25.5. The number of benzene rings is 1. The number of hydrogen-bond donors (Lipinski definition) is 2. The van der Waals surface area contributed by atoms with Crippen molar-refractivity contribution >= 4 is 23.4 Å². The molecule has 7 nitrogen and oxygen atoms in total. The van der Waals surface area contributed by atoms with Gasteiger partial charge in [0.05, 0.1) is 12.6 Å². The molecule has 1 heterocycles. The average Bonchev–Trinajstić information content (AvgIpc) is 2.67. The van der Waals surface area contributed by atoms with E-state index in [-0.39, 0.29) is 18.4 Å². The summed E-state index contributed by atoms with van der Waals surface area (Å²) in [6, 6.07) is 7.24. The van der Waals surface area contributed by atoms with Crippen LogP contribution in [0.25, 0.3) is 0 Å². The normalized spacial score (nSPS) is 13.8. The molecule has 1 aromatic rings. The molecule has 2 amide bonds. The van der Waals surface area contributed by atoms with E-state index in [1.165, 1.54) is 0 Å². The second-order valence-electron chi connectivity index (χ2n) is 6.58. The van der Waals surface area contributed by atoms with Crippen LogP contribution in [0.4, 0.5) is 16.2 Å². The number of ether oxygens (including phenoxy) is 1. The molecule has 0 fully saturated rings. The van der Waals surface area contributed by atoms with Crippen LogP contribution in [0.1, 0.15) is 32.8 Å². The minimum atomic E-state index is -0.549. The highest BCUT2D eigenvalue weighted by Gasteiger charge is 2.24. The fourth-order valence-corrected chi connectivity index (χ4v) is 2.34. The second-order valence-corrected chi connectivity index (χ2v) is 6.58. The number of carbonyl (C=O) groups is 2. The van der Waals surface area contributed by atoms with Crippen molar-refractivity contribution in [1.82, 2.24) is 4.90 Å². The minimum absolute atomic E-state index is 0.195. The van der Waals surface area contributed by atoms with E-state index in [1.807, 2.05) is 32.9 Å². The van der Waals surface area contributed by atoms with E-state index in [0.29, 0.717) is 25.3 Å². The number of hydrogen-bond acceptors (Lipinski definition) is 5. The van der Waals surface area contributed by atoms with Gasteiger partial charge in [-0.25, -0.2) is 4.79 Å². The molecule has 0 radical (unpaired) electrons. The summed E-state index contributed by atoms with van der Waals surface area (Å²) < 4.78 is 5.43. The summed E-state index contributed by atoms with van der Waals surface area (Å²) in [5.74, 6) is -0.358. The summed E-state index contributed by atoms with van der Waals surface area (Å²) in [5.41, 5.74) is 1.85. The standard InChI is InChI=1S/C17H22N4O3/c1-17(2,3)24-16(23)21-9-8-19-14-5-4-13(10-12(14)11-21)20-15(22)6-7-18/h4-5,10,19H,6,8-9,11H2,1-3H3,(H,20,22). The van der Waals surface area contributed by atoms with Gasteiger partial charge in [0.25, 0.3) is 0 Å². The van der Waals surface area contributed by atoms with Crippen molar-refractivity contribution in [3.05, 3.63) is 23.8 Å². The Labute approximate surface area is 141 Å². The van der Waals surface area contributed by atoms with Gasteiger partial charge >= 0.3 is 6.09 Å². The van der Waals surface area contributed by atoms with Crippen molar-refractivity contribution in [2.75, 3.05) is 23.7 Å². The molecule has 0 aliphatic carbocycles. The number of rotatable bonds is 2. The molecular formula is C17H22N4O3. The highest BCUT2D eigenvalue weighted by atomic mass is 16.6. The molecule has 7 heteroatoms. The first-order chi connectivity index (χ1) is 11.3. The number of anilines is 2. The van der Waals surface area contributed by atoms with E-state index in [1.54, 1.807) is 17.0 Å². The van der Waals surface area contributed by atoms with Gasteiger partial charge in [-0.3, -0.25) is 4.79 Å². The van der Waals surface area contributed by atoms with Crippen molar-refractivity contribution in [3.8, 4) is 6.07 Å². The molecule has 1 aromatic carbocycles. The molecule has 1 aliphatic heterocycles. The van der Waals surface area contributed by atoms with E-state index in [0.717, 1.165) is 11.3 Å². The number of nitrogens with one attached hydrogen (secondary N) is 2. The molecule has 0 saturated carbocycles. The van der Waals surface area contributed by atoms with E-state index in [9.17, 15) is 9.59 Å². The van der Waals surface area contributed by atoms with E-state index < -0.39 is 5.60 Å². The summed E-state index contributed by atoms with van der Waals surface area (Å²) in [6.45, 7) is 7.03. The van der Waals surface area contributed by atoms with Crippen LogP contribution in [0.2, 0.25) is 0 Å². The molecule has 0 spiro atoms. The van der Waals surface area contributed by atoms with E-state index in [2.05, 4.69) is 10.6 Å². The number of amides is 2. The molecule has 2 rings (SSSR count). The topological polar surface area (TPSA) is 94.5 Å². The summed E-state index contributed by atoms with van der Waals surface area (Å²) in [6.07, 6.45) is -0.560. The zero-order valence-corrected chi connectivity index (χ0v) is 14.2. The van der Waals surface area contributed by atoms with Crippen LogP contribution in [0.15, 0.2) is 18.2 Å². The first kappa shape index (κ1) is 17.6. The zero-order valence-electron chi connectivity index (χ0n) is 14.2. The molecular weight excluding hydrogens is 308 g/mol. The predicted octanol–water partition coefficient (Wildman–Crippen LogP) is 2.70. The van der Waals surface area contributed by atoms with Gasteiger partial charge in [0, 0.05) is 24.5 Å². The van der Waals surface area contributed by atoms with Crippen molar-refractivity contribution in [2.24, 2.45) is 0 Å². The first-order valence-electron chi connectivity index (χ1n) is 7.80. The van der Waals surface area contributed by atoms with Gasteiger partial charge in [-0.2, -0.15) is 5.26 Å². The summed E-state index contributed by atoms with van der Waals surface area (Å²) in [7, 11) is 0. The summed E-state index contributed by atoms with van der Waals surface area (Å²) >= 11 is 0. The maximum absolute atomic E-state index is 12.3. The van der Waals surface area contributed by atoms with Crippen LogP contribution in [0.5, 0.6) is 0 Å². The third-order valence-corrected chi connectivity index (χ3v) is 3.34. The fourth-order valence-electron chi connectivity index (χ4n) is 2.34. The van der Waals surface area contributed by atoms with Gasteiger partial charge in [0.2, 0.25) is 5.91 Å². The Kier molecular flexibility index (Phi) is 5.29. The quantitative estimate of drug-likeness (QED) is 0.869. The predicted molar refractivity (Wildman–Crippen MR) is 90.4 cm³/mol. The lowest BCUT2D eigenvalue weighted by Crippen LogP contribution is -2.37. The van der Waals surface area contributed by atoms with Crippen LogP contribution in [0.3, 0.4) is 0 Å². The van der Waals surface area contributed by atoms with Crippen molar-refractivity contribution in [1.29, 1.82) is 5.26 Å². The Hall–Kier alpha value is -2.75. The lowest BCUT2D eigenvalue weighted by molar-refractivity contribution is -0.115. The zero-order chi connectivity index (χ0) is 17.7. The molecule has 0 aromatic heterocycles. The molecule has 0 saturated heterocycles. The fraction of sp³-hybridized carbons (Fsp3) is 0.471. The minimum Gasteiger partial charge on any atom is -0.444 e. The van der Waals surface area contributed by atoms with Gasteiger partial charge in [-0.15, -0.1) is 0 Å². The maximum Gasteiger partial charge on any atom is 0.410 e. The van der Waals surface area contributed by atoms with Crippen LogP contribution in [-0.4, -0.2) is 35.6 Å². The average molecular weight is 330 g/mol. The van der Waals surface area contributed by atoms with Gasteiger partial charge < -0.3 is 20.3 Å². The third kappa shape index (κ3) is 4.88. The van der Waals surface area contributed by atoms with Gasteiger partial charge in [-0.05, 0) is 44.5 Å². The van der Waals surface area contributed by atoms with Crippen molar-refractivity contribution < 1.29 is 14.3 Å². The molecule has 1 aliphatic rings. The Morgan fingerprint density at radius 1 is 1.42 bits per heavy atom. The highest BCUT2D eigenvalue weighted by molar-refractivity contribution is 5.92. The SMILES string of the molecule is CC(C)(C)OC(=O)N1CCNc2ccc(NC(=O)CC#N)cc2C1. The van der Waals surface area contributed by atoms with Crippen LogP contribution < -0.4 is 10.6 Å². The second kappa shape index (κ2) is 7.21. The van der Waals surface area contributed by atoms with E-state index >= 15 is 0 Å². The Morgan fingerprint density at radius 3 is 2.83 bits per heavy atom. The lowest BCUT2D eigenvalue weighted by Gasteiger charge is -2.26. The first-order valence-corrected chi connectivity index (χ1v) is 7.80. The van der Waals surface area contributed by atoms with Gasteiger partial charge in [-0.1, -0.05) is 0 Å². The Morgan fingerprint density at radius 2 is 2.17 bits per heavy atom. The van der Waals surface area contributed by atoms with Gasteiger partial charge in [0.15, 0.2) is 0 Å². The number of nitrogens with zero attached hydrogens (tertiary/aromatic N) is 2. The molecule has 24 heavy (non-hydrogen) atoms.